The van der Waals surface area contributed by atoms with Crippen molar-refractivity contribution in [1.29, 1.82) is 4.78 Å². The third-order valence-electron chi connectivity index (χ3n) is 3.56. The minimum atomic E-state index is -0.978. The van der Waals surface area contributed by atoms with Gasteiger partial charge in [0.15, 0.2) is 0 Å². The molecule has 1 N–H and O–H groups in total. The first-order chi connectivity index (χ1) is 10.6. The summed E-state index contributed by atoms with van der Waals surface area (Å²) in [7, 11) is -0.978. The van der Waals surface area contributed by atoms with Crippen LogP contribution in [0.25, 0.3) is 0 Å². The number of ether oxygens (including phenoxy) is 1. The van der Waals surface area contributed by atoms with E-state index in [0.717, 1.165) is 4.90 Å². The molecule has 1 atom stereocenters. The zero-order chi connectivity index (χ0) is 17.3. The Labute approximate surface area is 141 Å². The molecule has 1 aliphatic rings. The molecule has 0 bridgehead atoms. The number of nitrogens with zero attached hydrogens (tertiary/aromatic N) is 1. The molecular weight excluding hydrogens is 312 g/mol. The van der Waals surface area contributed by atoms with Crippen molar-refractivity contribution in [2.75, 3.05) is 19.7 Å². The number of aryl methyl sites for hydroxylation is 1. The fourth-order valence-corrected chi connectivity index (χ4v) is 3.27. The Morgan fingerprint density at radius 1 is 1.30 bits per heavy atom. The van der Waals surface area contributed by atoms with Crippen LogP contribution in [-0.2, 0) is 19.9 Å². The van der Waals surface area contributed by atoms with Crippen molar-refractivity contribution >= 4 is 17.1 Å². The summed E-state index contributed by atoms with van der Waals surface area (Å²) in [6.45, 7) is 11.3. The van der Waals surface area contributed by atoms with Gasteiger partial charge in [-0.3, -0.25) is 4.78 Å². The molecule has 0 spiro atoms. The number of nitrogens with one attached hydrogen (secondary N) is 1. The van der Waals surface area contributed by atoms with Crippen LogP contribution in [0.3, 0.4) is 0 Å². The highest BCUT2D eigenvalue weighted by atomic mass is 32.2. The lowest BCUT2D eigenvalue weighted by molar-refractivity contribution is -0.0409. The smallest absolute Gasteiger partial charge is 0.410 e. The van der Waals surface area contributed by atoms with Crippen LogP contribution in [0, 0.1) is 17.1 Å². The summed E-state index contributed by atoms with van der Waals surface area (Å²) in [5, 5.41) is 0. The summed E-state index contributed by atoms with van der Waals surface area (Å²) in [5.41, 5.74) is 0.594. The zero-order valence-electron chi connectivity index (χ0n) is 14.5. The van der Waals surface area contributed by atoms with Crippen molar-refractivity contribution in [2.45, 2.75) is 45.1 Å². The summed E-state index contributed by atoms with van der Waals surface area (Å²) in [6.07, 6.45) is -0.279. The van der Waals surface area contributed by atoms with E-state index >= 15 is 0 Å². The van der Waals surface area contributed by atoms with Crippen LogP contribution in [0.5, 0.6) is 0 Å². The summed E-state index contributed by atoms with van der Waals surface area (Å²) in [4.78, 5) is 14.5. The zero-order valence-corrected chi connectivity index (χ0v) is 15.3. The Morgan fingerprint density at radius 3 is 2.39 bits per heavy atom. The molecule has 0 aromatic heterocycles. The predicted octanol–water partition coefficient (Wildman–Crippen LogP) is 3.92. The van der Waals surface area contributed by atoms with Gasteiger partial charge in [-0.2, -0.15) is 0 Å². The molecular formula is C17H26N2O3S. The van der Waals surface area contributed by atoms with Crippen LogP contribution < -0.4 is 0 Å². The quantitative estimate of drug-likeness (QED) is 0.905. The molecule has 1 fully saturated rings. The Bertz CT molecular complexity index is 587. The van der Waals surface area contributed by atoms with Crippen molar-refractivity contribution in [3.63, 3.8) is 0 Å². The highest BCUT2D eigenvalue weighted by Crippen LogP contribution is 2.32. The van der Waals surface area contributed by atoms with E-state index in [4.69, 9.17) is 13.7 Å². The SMILES string of the molecule is Cc1ccc(S(=N)OCC2(C)CN(C(=O)OC(C)(C)C)C2)cc1. The first-order valence-electron chi connectivity index (χ1n) is 7.71. The second-order valence-corrected chi connectivity index (χ2v) is 8.74. The van der Waals surface area contributed by atoms with Crippen LogP contribution >= 0.6 is 0 Å². The third kappa shape index (κ3) is 5.04. The van der Waals surface area contributed by atoms with Gasteiger partial charge in [0.2, 0.25) is 0 Å². The van der Waals surface area contributed by atoms with Gasteiger partial charge in [0.1, 0.15) is 5.60 Å². The first kappa shape index (κ1) is 17.9. The van der Waals surface area contributed by atoms with Gasteiger partial charge in [0.05, 0.1) is 17.6 Å². The Morgan fingerprint density at radius 2 is 1.87 bits per heavy atom. The van der Waals surface area contributed by atoms with Gasteiger partial charge in [0.25, 0.3) is 0 Å². The lowest BCUT2D eigenvalue weighted by Crippen LogP contribution is -2.59. The summed E-state index contributed by atoms with van der Waals surface area (Å²) in [6, 6.07) is 7.84. The van der Waals surface area contributed by atoms with Crippen LogP contribution in [0.2, 0.25) is 0 Å². The van der Waals surface area contributed by atoms with Crippen LogP contribution in [0.4, 0.5) is 4.79 Å². The molecule has 1 aromatic carbocycles. The molecule has 23 heavy (non-hydrogen) atoms. The summed E-state index contributed by atoms with van der Waals surface area (Å²) >= 11 is 0. The van der Waals surface area contributed by atoms with E-state index < -0.39 is 16.6 Å². The van der Waals surface area contributed by atoms with Crippen LogP contribution in [0.1, 0.15) is 33.3 Å². The molecule has 1 unspecified atom stereocenters. The van der Waals surface area contributed by atoms with Gasteiger partial charge in [-0.05, 0) is 39.8 Å². The van der Waals surface area contributed by atoms with Crippen molar-refractivity contribution in [3.8, 4) is 0 Å². The van der Waals surface area contributed by atoms with Gasteiger partial charge < -0.3 is 13.8 Å². The molecule has 1 aliphatic heterocycles. The second kappa shape index (κ2) is 6.61. The molecule has 1 amide bonds. The number of hydrogen-bond acceptors (Lipinski definition) is 4. The molecule has 5 nitrogen and oxygen atoms in total. The standard InChI is InChI=1S/C17H26N2O3S/c1-13-6-8-14(9-7-13)23(18)21-12-17(5)10-19(11-17)15(20)22-16(2,3)4/h6-9,18H,10-12H2,1-5H3. The van der Waals surface area contributed by atoms with E-state index in [2.05, 4.69) is 6.92 Å². The second-order valence-electron chi connectivity index (χ2n) is 7.49. The van der Waals surface area contributed by atoms with E-state index in [-0.39, 0.29) is 11.5 Å². The van der Waals surface area contributed by atoms with Gasteiger partial charge in [-0.25, -0.2) is 4.79 Å². The molecule has 0 aliphatic carbocycles. The van der Waals surface area contributed by atoms with Gasteiger partial charge in [-0.15, -0.1) is 0 Å². The van der Waals surface area contributed by atoms with E-state index in [1.54, 1.807) is 4.90 Å². The van der Waals surface area contributed by atoms with Gasteiger partial charge in [0, 0.05) is 23.4 Å². The maximum Gasteiger partial charge on any atom is 0.410 e. The van der Waals surface area contributed by atoms with Gasteiger partial charge in [-0.1, -0.05) is 24.6 Å². The maximum atomic E-state index is 11.9. The molecule has 0 radical (unpaired) electrons. The maximum absolute atomic E-state index is 11.9. The van der Waals surface area contributed by atoms with Crippen molar-refractivity contribution in [3.05, 3.63) is 29.8 Å². The third-order valence-corrected chi connectivity index (χ3v) is 4.61. The lowest BCUT2D eigenvalue weighted by Gasteiger charge is -2.47. The monoisotopic (exact) mass is 338 g/mol. The topological polar surface area (TPSA) is 62.6 Å². The Hall–Kier alpha value is -1.40. The number of carbonyl (C=O) groups is 1. The number of likely N-dealkylation sites (tertiary alicyclic amines) is 1. The van der Waals surface area contributed by atoms with Crippen molar-refractivity contribution < 1.29 is 13.7 Å². The van der Waals surface area contributed by atoms with E-state index in [9.17, 15) is 4.79 Å². The Balaban J connectivity index is 1.80. The van der Waals surface area contributed by atoms with E-state index in [1.165, 1.54) is 5.56 Å². The fraction of sp³-hybridized carbons (Fsp3) is 0.588. The minimum absolute atomic E-state index is 0.103. The van der Waals surface area contributed by atoms with Crippen molar-refractivity contribution in [2.24, 2.45) is 5.41 Å². The average molecular weight is 338 g/mol. The molecule has 1 heterocycles. The van der Waals surface area contributed by atoms with Crippen molar-refractivity contribution in [1.82, 2.24) is 4.90 Å². The first-order valence-corrected chi connectivity index (χ1v) is 8.86. The van der Waals surface area contributed by atoms with Gasteiger partial charge >= 0.3 is 6.09 Å². The number of carbonyl (C=O) groups excluding carboxylic acids is 1. The number of hydrogen-bond donors (Lipinski definition) is 1. The predicted molar refractivity (Wildman–Crippen MR) is 91.4 cm³/mol. The average Bonchev–Trinajstić information content (AvgIpc) is 2.40. The summed E-state index contributed by atoms with van der Waals surface area (Å²) < 4.78 is 19.2. The van der Waals surface area contributed by atoms with Crippen LogP contribution in [0.15, 0.2) is 29.2 Å². The largest absolute Gasteiger partial charge is 0.444 e. The summed E-state index contributed by atoms with van der Waals surface area (Å²) in [5.74, 6) is 0. The van der Waals surface area contributed by atoms with E-state index in [0.29, 0.717) is 19.7 Å². The molecule has 0 saturated carbocycles. The number of benzene rings is 1. The van der Waals surface area contributed by atoms with E-state index in [1.807, 2.05) is 52.0 Å². The molecule has 1 saturated heterocycles. The molecule has 128 valence electrons. The molecule has 1 aromatic rings. The minimum Gasteiger partial charge on any atom is -0.444 e. The van der Waals surface area contributed by atoms with Crippen LogP contribution in [-0.4, -0.2) is 36.3 Å². The molecule has 2 rings (SSSR count). The number of amides is 1. The lowest BCUT2D eigenvalue weighted by atomic mass is 9.83. The normalized spacial score (nSPS) is 18.2. The highest BCUT2D eigenvalue weighted by Gasteiger charge is 2.43. The fourth-order valence-electron chi connectivity index (χ4n) is 2.35. The molecule has 6 heteroatoms. The number of rotatable bonds is 4. The highest BCUT2D eigenvalue weighted by molar-refractivity contribution is 7.81. The Kier molecular flexibility index (Phi) is 5.16.